The summed E-state index contributed by atoms with van der Waals surface area (Å²) in [5.41, 5.74) is 7.39. The summed E-state index contributed by atoms with van der Waals surface area (Å²) in [5, 5.41) is 11.2. The van der Waals surface area contributed by atoms with Gasteiger partial charge in [-0.1, -0.05) is 27.2 Å². The van der Waals surface area contributed by atoms with E-state index in [-0.39, 0.29) is 23.9 Å². The van der Waals surface area contributed by atoms with Gasteiger partial charge in [0.2, 0.25) is 0 Å². The van der Waals surface area contributed by atoms with Crippen molar-refractivity contribution in [3.63, 3.8) is 0 Å². The molecule has 1 fully saturated rings. The van der Waals surface area contributed by atoms with E-state index in [2.05, 4.69) is 31.6 Å². The minimum Gasteiger partial charge on any atom is -0.344 e. The van der Waals surface area contributed by atoms with Crippen molar-refractivity contribution >= 4 is 34.2 Å². The van der Waals surface area contributed by atoms with Crippen molar-refractivity contribution in [3.8, 4) is 5.69 Å². The van der Waals surface area contributed by atoms with Gasteiger partial charge in [-0.3, -0.25) is 4.79 Å². The number of nitrogens with two attached hydrogens (primary N) is 1. The molecule has 1 heterocycles. The Hall–Kier alpha value is -1.44. The van der Waals surface area contributed by atoms with E-state index >= 15 is 0 Å². The van der Waals surface area contributed by atoms with E-state index in [9.17, 15) is 4.79 Å². The first kappa shape index (κ1) is 18.9. The first-order chi connectivity index (χ1) is 10.9. The number of halogens is 2. The molecule has 0 aliphatic heterocycles. The Morgan fingerprint density at radius 1 is 1.50 bits per heavy atom. The van der Waals surface area contributed by atoms with Gasteiger partial charge in [-0.15, -0.1) is 17.5 Å². The van der Waals surface area contributed by atoms with Crippen molar-refractivity contribution in [2.45, 2.75) is 32.2 Å². The zero-order chi connectivity index (χ0) is 16.6. The summed E-state index contributed by atoms with van der Waals surface area (Å²) in [6.45, 7) is 4.26. The van der Waals surface area contributed by atoms with Crippen molar-refractivity contribution in [2.24, 2.45) is 11.7 Å². The molecule has 1 aliphatic rings. The average molecular weight is 415 g/mol. The fraction of sp³-hybridized carbons (Fsp3) is 0.438. The molecule has 3 rings (SSSR count). The van der Waals surface area contributed by atoms with Crippen LogP contribution in [0.4, 0.5) is 0 Å². The SMILES string of the molecule is Cc1c(C(=O)NC(C)(CN)C2CC2)nnn1-c1cccc(Br)c1.Cl. The summed E-state index contributed by atoms with van der Waals surface area (Å²) >= 11 is 3.44. The summed E-state index contributed by atoms with van der Waals surface area (Å²) in [6, 6.07) is 7.70. The molecule has 1 atom stereocenters. The van der Waals surface area contributed by atoms with Gasteiger partial charge in [0.05, 0.1) is 16.9 Å². The molecule has 1 aromatic carbocycles. The van der Waals surface area contributed by atoms with Crippen LogP contribution in [-0.4, -0.2) is 33.0 Å². The van der Waals surface area contributed by atoms with Crippen LogP contribution in [0.25, 0.3) is 5.69 Å². The van der Waals surface area contributed by atoms with Crippen LogP contribution < -0.4 is 11.1 Å². The molecule has 130 valence electrons. The van der Waals surface area contributed by atoms with Crippen LogP contribution in [0.2, 0.25) is 0 Å². The monoisotopic (exact) mass is 413 g/mol. The fourth-order valence-electron chi connectivity index (χ4n) is 2.75. The molecule has 3 N–H and O–H groups in total. The Morgan fingerprint density at radius 3 is 2.79 bits per heavy atom. The molecule has 1 saturated carbocycles. The van der Waals surface area contributed by atoms with E-state index in [1.165, 1.54) is 0 Å². The van der Waals surface area contributed by atoms with Crippen LogP contribution >= 0.6 is 28.3 Å². The second-order valence-corrected chi connectivity index (χ2v) is 7.18. The van der Waals surface area contributed by atoms with Gasteiger partial charge in [0.1, 0.15) is 0 Å². The van der Waals surface area contributed by atoms with Crippen molar-refractivity contribution in [1.29, 1.82) is 0 Å². The maximum absolute atomic E-state index is 12.6. The number of carbonyl (C=O) groups excluding carboxylic acids is 1. The number of aromatic nitrogens is 3. The number of benzene rings is 1. The van der Waals surface area contributed by atoms with E-state index in [1.54, 1.807) is 4.68 Å². The van der Waals surface area contributed by atoms with Gasteiger partial charge in [0.15, 0.2) is 5.69 Å². The van der Waals surface area contributed by atoms with Crippen LogP contribution in [0.1, 0.15) is 35.9 Å². The van der Waals surface area contributed by atoms with E-state index in [1.807, 2.05) is 38.1 Å². The summed E-state index contributed by atoms with van der Waals surface area (Å²) in [6.07, 6.45) is 2.22. The molecular formula is C16H21BrClN5O. The predicted molar refractivity (Wildman–Crippen MR) is 98.7 cm³/mol. The number of rotatable bonds is 5. The minimum absolute atomic E-state index is 0. The molecule has 1 unspecified atom stereocenters. The Bertz CT molecular complexity index is 746. The van der Waals surface area contributed by atoms with Crippen LogP contribution in [0.3, 0.4) is 0 Å². The second kappa shape index (κ2) is 7.21. The lowest BCUT2D eigenvalue weighted by Crippen LogP contribution is -2.53. The van der Waals surface area contributed by atoms with Crippen LogP contribution in [0.15, 0.2) is 28.7 Å². The summed E-state index contributed by atoms with van der Waals surface area (Å²) in [4.78, 5) is 12.6. The van der Waals surface area contributed by atoms with Crippen molar-refractivity contribution in [1.82, 2.24) is 20.3 Å². The number of amides is 1. The Morgan fingerprint density at radius 2 is 2.21 bits per heavy atom. The quantitative estimate of drug-likeness (QED) is 0.787. The number of hydrogen-bond donors (Lipinski definition) is 2. The standard InChI is InChI=1S/C16H20BrN5O.ClH/c1-10-14(15(23)19-16(2,9-18)11-6-7-11)20-21-22(10)13-5-3-4-12(17)8-13;/h3-5,8,11H,6-7,9,18H2,1-2H3,(H,19,23);1H. The van der Waals surface area contributed by atoms with Gasteiger partial charge in [-0.2, -0.15) is 0 Å². The smallest absolute Gasteiger partial charge is 0.274 e. The van der Waals surface area contributed by atoms with Crippen molar-refractivity contribution < 1.29 is 4.79 Å². The van der Waals surface area contributed by atoms with E-state index < -0.39 is 0 Å². The Labute approximate surface area is 155 Å². The predicted octanol–water partition coefficient (Wildman–Crippen LogP) is 2.62. The fourth-order valence-corrected chi connectivity index (χ4v) is 3.14. The molecule has 0 radical (unpaired) electrons. The highest BCUT2D eigenvalue weighted by Crippen LogP contribution is 2.39. The largest absolute Gasteiger partial charge is 0.344 e. The van der Waals surface area contributed by atoms with Gasteiger partial charge in [0.25, 0.3) is 5.91 Å². The Kier molecular flexibility index (Phi) is 5.67. The summed E-state index contributed by atoms with van der Waals surface area (Å²) in [5.74, 6) is 0.237. The van der Waals surface area contributed by atoms with Crippen LogP contribution in [-0.2, 0) is 0 Å². The molecule has 6 nitrogen and oxygen atoms in total. The summed E-state index contributed by atoms with van der Waals surface area (Å²) < 4.78 is 2.61. The highest BCUT2D eigenvalue weighted by Gasteiger charge is 2.42. The van der Waals surface area contributed by atoms with Crippen molar-refractivity contribution in [3.05, 3.63) is 40.1 Å². The van der Waals surface area contributed by atoms with Gasteiger partial charge >= 0.3 is 0 Å². The minimum atomic E-state index is -0.372. The molecule has 0 spiro atoms. The van der Waals surface area contributed by atoms with Crippen LogP contribution in [0.5, 0.6) is 0 Å². The number of nitrogens with one attached hydrogen (secondary N) is 1. The zero-order valence-electron chi connectivity index (χ0n) is 13.6. The van der Waals surface area contributed by atoms with Crippen molar-refractivity contribution in [2.75, 3.05) is 6.54 Å². The highest BCUT2D eigenvalue weighted by molar-refractivity contribution is 9.10. The van der Waals surface area contributed by atoms with E-state index in [4.69, 9.17) is 5.73 Å². The number of hydrogen-bond acceptors (Lipinski definition) is 4. The van der Waals surface area contributed by atoms with Crippen LogP contribution in [0, 0.1) is 12.8 Å². The zero-order valence-corrected chi connectivity index (χ0v) is 16.0. The lowest BCUT2D eigenvalue weighted by molar-refractivity contribution is 0.0892. The second-order valence-electron chi connectivity index (χ2n) is 6.27. The third-order valence-corrected chi connectivity index (χ3v) is 4.96. The molecule has 24 heavy (non-hydrogen) atoms. The lowest BCUT2D eigenvalue weighted by Gasteiger charge is -2.29. The molecular weight excluding hydrogens is 394 g/mol. The third kappa shape index (κ3) is 3.63. The Balaban J connectivity index is 0.00000208. The summed E-state index contributed by atoms with van der Waals surface area (Å²) in [7, 11) is 0. The average Bonchev–Trinajstić information content (AvgIpc) is 3.30. The number of carbonyl (C=O) groups is 1. The normalized spacial score (nSPS) is 16.2. The topological polar surface area (TPSA) is 85.8 Å². The third-order valence-electron chi connectivity index (χ3n) is 4.46. The molecule has 0 bridgehead atoms. The molecule has 1 aliphatic carbocycles. The lowest BCUT2D eigenvalue weighted by atomic mass is 9.95. The van der Waals surface area contributed by atoms with Gasteiger partial charge in [-0.05, 0) is 50.8 Å². The van der Waals surface area contributed by atoms with Gasteiger partial charge < -0.3 is 11.1 Å². The van der Waals surface area contributed by atoms with E-state index in [0.717, 1.165) is 23.0 Å². The number of nitrogens with zero attached hydrogens (tertiary/aromatic N) is 3. The highest BCUT2D eigenvalue weighted by atomic mass is 79.9. The molecule has 1 amide bonds. The first-order valence-electron chi connectivity index (χ1n) is 7.65. The van der Waals surface area contributed by atoms with E-state index in [0.29, 0.717) is 23.9 Å². The van der Waals surface area contributed by atoms with Gasteiger partial charge in [-0.25, -0.2) is 4.68 Å². The first-order valence-corrected chi connectivity index (χ1v) is 8.45. The maximum atomic E-state index is 12.6. The van der Waals surface area contributed by atoms with Gasteiger partial charge in [0, 0.05) is 11.0 Å². The molecule has 2 aromatic rings. The molecule has 0 saturated heterocycles. The maximum Gasteiger partial charge on any atom is 0.274 e. The molecule has 8 heteroatoms. The molecule has 1 aromatic heterocycles.